The molecule has 0 N–H and O–H groups in total. The zero-order valence-electron chi connectivity index (χ0n) is 8.75. The van der Waals surface area contributed by atoms with Crippen LogP contribution in [-0.2, 0) is 0 Å². The Balaban J connectivity index is 2.06. The number of likely N-dealkylation sites (tertiary alicyclic amines) is 1. The summed E-state index contributed by atoms with van der Waals surface area (Å²) >= 11 is 0. The highest BCUT2D eigenvalue weighted by atomic mass is 15.2. The van der Waals surface area contributed by atoms with E-state index in [0.29, 0.717) is 0 Å². The van der Waals surface area contributed by atoms with E-state index in [2.05, 4.69) is 32.6 Å². The number of fused-ring (bicyclic) bond motifs is 1. The monoisotopic (exact) mass is 167 g/mol. The Hall–Kier alpha value is -0.0400. The van der Waals surface area contributed by atoms with Crippen LogP contribution in [0.5, 0.6) is 0 Å². The average Bonchev–Trinajstić information content (AvgIpc) is 2.60. The van der Waals surface area contributed by atoms with Gasteiger partial charge in [-0.15, -0.1) is 0 Å². The Kier molecular flexibility index (Phi) is 1.95. The molecule has 0 radical (unpaired) electrons. The molecule has 0 aromatic carbocycles. The quantitative estimate of drug-likeness (QED) is 0.610. The molecule has 1 heterocycles. The predicted octanol–water partition coefficient (Wildman–Crippen LogP) is 2.37. The molecule has 3 atom stereocenters. The van der Waals surface area contributed by atoms with Gasteiger partial charge >= 0.3 is 0 Å². The van der Waals surface area contributed by atoms with E-state index in [0.717, 1.165) is 29.8 Å². The van der Waals surface area contributed by atoms with Gasteiger partial charge in [-0.2, -0.15) is 0 Å². The summed E-state index contributed by atoms with van der Waals surface area (Å²) in [4.78, 5) is 2.71. The van der Waals surface area contributed by atoms with Gasteiger partial charge < -0.3 is 0 Å². The van der Waals surface area contributed by atoms with Crippen LogP contribution in [0, 0.1) is 17.8 Å². The normalized spacial score (nSPS) is 41.0. The van der Waals surface area contributed by atoms with Crippen molar-refractivity contribution >= 4 is 0 Å². The van der Waals surface area contributed by atoms with Gasteiger partial charge in [0, 0.05) is 18.6 Å². The molecule has 2 fully saturated rings. The van der Waals surface area contributed by atoms with Crippen molar-refractivity contribution < 1.29 is 0 Å². The average molecular weight is 167 g/mol. The molecule has 1 heteroatoms. The van der Waals surface area contributed by atoms with Crippen molar-refractivity contribution in [3.05, 3.63) is 0 Å². The molecule has 2 rings (SSSR count). The predicted molar refractivity (Wildman–Crippen MR) is 52.1 cm³/mol. The lowest BCUT2D eigenvalue weighted by atomic mass is 9.99. The zero-order chi connectivity index (χ0) is 8.88. The first-order valence-electron chi connectivity index (χ1n) is 5.37. The zero-order valence-corrected chi connectivity index (χ0v) is 8.75. The molecule has 70 valence electrons. The highest BCUT2D eigenvalue weighted by Crippen LogP contribution is 2.52. The maximum atomic E-state index is 2.71. The molecule has 0 amide bonds. The van der Waals surface area contributed by atoms with Crippen molar-refractivity contribution in [3.8, 4) is 0 Å². The third kappa shape index (κ3) is 1.19. The van der Waals surface area contributed by atoms with Crippen LogP contribution in [-0.4, -0.2) is 23.5 Å². The van der Waals surface area contributed by atoms with Crippen LogP contribution in [0.3, 0.4) is 0 Å². The van der Waals surface area contributed by atoms with Gasteiger partial charge in [0.2, 0.25) is 0 Å². The fourth-order valence-electron chi connectivity index (χ4n) is 2.97. The molecule has 1 aliphatic heterocycles. The van der Waals surface area contributed by atoms with Crippen molar-refractivity contribution in [1.82, 2.24) is 4.90 Å². The number of nitrogens with zero attached hydrogens (tertiary/aromatic N) is 1. The highest BCUT2D eigenvalue weighted by molar-refractivity contribution is 5.05. The molecule has 0 bridgehead atoms. The van der Waals surface area contributed by atoms with Gasteiger partial charge in [0.25, 0.3) is 0 Å². The second kappa shape index (κ2) is 2.73. The third-order valence-corrected chi connectivity index (χ3v) is 3.59. The van der Waals surface area contributed by atoms with Crippen LogP contribution in [0.1, 0.15) is 34.1 Å². The molecule has 1 saturated carbocycles. The van der Waals surface area contributed by atoms with Gasteiger partial charge in [0.15, 0.2) is 0 Å². The first kappa shape index (κ1) is 8.55. The molecule has 0 aromatic heterocycles. The van der Waals surface area contributed by atoms with Crippen LogP contribution < -0.4 is 0 Å². The minimum atomic E-state index is 0.755. The maximum Gasteiger partial charge on any atom is 0.0152 e. The molecule has 0 aromatic rings. The Morgan fingerprint density at radius 1 is 1.17 bits per heavy atom. The Bertz CT molecular complexity index is 174. The number of rotatable bonds is 2. The van der Waals surface area contributed by atoms with E-state index in [1.54, 1.807) is 0 Å². The van der Waals surface area contributed by atoms with E-state index >= 15 is 0 Å². The first-order valence-corrected chi connectivity index (χ1v) is 5.37. The van der Waals surface area contributed by atoms with Crippen molar-refractivity contribution in [2.45, 2.75) is 46.2 Å². The van der Waals surface area contributed by atoms with Crippen LogP contribution in [0.4, 0.5) is 0 Å². The highest BCUT2D eigenvalue weighted by Gasteiger charge is 2.53. The van der Waals surface area contributed by atoms with E-state index in [1.165, 1.54) is 13.0 Å². The van der Waals surface area contributed by atoms with E-state index in [-0.39, 0.29) is 0 Å². The van der Waals surface area contributed by atoms with Crippen LogP contribution in [0.15, 0.2) is 0 Å². The molecule has 1 saturated heterocycles. The summed E-state index contributed by atoms with van der Waals surface area (Å²) in [6, 6.07) is 1.65. The SMILES string of the molecule is CC(C)C1[C@H]2C[C@H]2CN1C(C)C. The Morgan fingerprint density at radius 3 is 2.25 bits per heavy atom. The summed E-state index contributed by atoms with van der Waals surface area (Å²) in [7, 11) is 0. The Labute approximate surface area is 76.1 Å². The second-order valence-electron chi connectivity index (χ2n) is 5.18. The van der Waals surface area contributed by atoms with Gasteiger partial charge in [0.05, 0.1) is 0 Å². The molecular formula is C11H21N. The lowest BCUT2D eigenvalue weighted by Gasteiger charge is -2.33. The standard InChI is InChI=1S/C11H21N/c1-7(2)11-10-5-9(10)6-12(11)8(3)4/h7-11H,5-6H2,1-4H3/t9-,10-,11?/m0/s1. The minimum Gasteiger partial charge on any atom is -0.297 e. The fourth-order valence-corrected chi connectivity index (χ4v) is 2.97. The number of hydrogen-bond donors (Lipinski definition) is 0. The van der Waals surface area contributed by atoms with Gasteiger partial charge in [-0.1, -0.05) is 13.8 Å². The topological polar surface area (TPSA) is 3.24 Å². The van der Waals surface area contributed by atoms with Crippen molar-refractivity contribution in [3.63, 3.8) is 0 Å². The number of piperidine rings is 1. The molecule has 1 aliphatic carbocycles. The van der Waals surface area contributed by atoms with Gasteiger partial charge in [-0.25, -0.2) is 0 Å². The molecule has 1 unspecified atom stereocenters. The lowest BCUT2D eigenvalue weighted by molar-refractivity contribution is 0.138. The van der Waals surface area contributed by atoms with Gasteiger partial charge in [-0.05, 0) is 38.0 Å². The summed E-state index contributed by atoms with van der Waals surface area (Å²) in [5.74, 6) is 2.98. The molecule has 2 aliphatic rings. The van der Waals surface area contributed by atoms with E-state index in [4.69, 9.17) is 0 Å². The summed E-state index contributed by atoms with van der Waals surface area (Å²) in [6.07, 6.45) is 1.52. The third-order valence-electron chi connectivity index (χ3n) is 3.59. The van der Waals surface area contributed by atoms with Crippen LogP contribution >= 0.6 is 0 Å². The van der Waals surface area contributed by atoms with Crippen molar-refractivity contribution in [2.24, 2.45) is 17.8 Å². The van der Waals surface area contributed by atoms with E-state index < -0.39 is 0 Å². The summed E-state index contributed by atoms with van der Waals surface area (Å²) in [5.41, 5.74) is 0. The Morgan fingerprint density at radius 2 is 1.83 bits per heavy atom. The van der Waals surface area contributed by atoms with Crippen LogP contribution in [0.25, 0.3) is 0 Å². The second-order valence-corrected chi connectivity index (χ2v) is 5.18. The van der Waals surface area contributed by atoms with E-state index in [1.807, 2.05) is 0 Å². The minimum absolute atomic E-state index is 0.755. The first-order chi connectivity index (χ1) is 5.61. The largest absolute Gasteiger partial charge is 0.297 e. The van der Waals surface area contributed by atoms with Gasteiger partial charge in [-0.3, -0.25) is 4.90 Å². The molecule has 0 spiro atoms. The van der Waals surface area contributed by atoms with Crippen molar-refractivity contribution in [2.75, 3.05) is 6.54 Å². The van der Waals surface area contributed by atoms with Crippen LogP contribution in [0.2, 0.25) is 0 Å². The smallest absolute Gasteiger partial charge is 0.0152 e. The van der Waals surface area contributed by atoms with Gasteiger partial charge in [0.1, 0.15) is 0 Å². The van der Waals surface area contributed by atoms with E-state index in [9.17, 15) is 0 Å². The summed E-state index contributed by atoms with van der Waals surface area (Å²) in [6.45, 7) is 10.8. The van der Waals surface area contributed by atoms with Crippen molar-refractivity contribution in [1.29, 1.82) is 0 Å². The fraction of sp³-hybridized carbons (Fsp3) is 1.00. The summed E-state index contributed by atoms with van der Waals surface area (Å²) in [5, 5.41) is 0. The summed E-state index contributed by atoms with van der Waals surface area (Å²) < 4.78 is 0. The molecular weight excluding hydrogens is 146 g/mol. The molecule has 1 nitrogen and oxygen atoms in total. The maximum absolute atomic E-state index is 2.71. The lowest BCUT2D eigenvalue weighted by Crippen LogP contribution is -2.41. The number of hydrogen-bond acceptors (Lipinski definition) is 1. The molecule has 12 heavy (non-hydrogen) atoms.